The summed E-state index contributed by atoms with van der Waals surface area (Å²) >= 11 is 7.73. The van der Waals surface area contributed by atoms with Crippen molar-refractivity contribution in [1.82, 2.24) is 0 Å². The molecule has 110 valence electrons. The van der Waals surface area contributed by atoms with Gasteiger partial charge >= 0.3 is 0 Å². The molecule has 21 heavy (non-hydrogen) atoms. The quantitative estimate of drug-likeness (QED) is 0.415. The molecular weight excluding hydrogens is 302 g/mol. The maximum Gasteiger partial charge on any atom is 0.106 e. The lowest BCUT2D eigenvalue weighted by atomic mass is 10.1. The molecule has 2 nitrogen and oxygen atoms in total. The van der Waals surface area contributed by atoms with Gasteiger partial charge in [-0.15, -0.1) is 11.8 Å². The van der Waals surface area contributed by atoms with Gasteiger partial charge in [0.25, 0.3) is 0 Å². The lowest BCUT2D eigenvalue weighted by molar-refractivity contribution is 0.213. The predicted molar refractivity (Wildman–Crippen MR) is 91.5 cm³/mol. The van der Waals surface area contributed by atoms with E-state index in [0.717, 1.165) is 28.5 Å². The molecule has 0 amide bonds. The molecule has 0 radical (unpaired) electrons. The van der Waals surface area contributed by atoms with E-state index in [1.165, 1.54) is 10.5 Å². The zero-order valence-corrected chi connectivity index (χ0v) is 13.7. The number of nitrogens with zero attached hydrogens (tertiary/aromatic N) is 1. The largest absolute Gasteiger partial charge is 0.399 e. The second-order valence-electron chi connectivity index (χ2n) is 4.64. The normalized spacial score (nSPS) is 11.5. The summed E-state index contributed by atoms with van der Waals surface area (Å²) in [7, 11) is 1.57. The van der Waals surface area contributed by atoms with E-state index in [0.29, 0.717) is 0 Å². The van der Waals surface area contributed by atoms with Crippen LogP contribution in [0.3, 0.4) is 0 Å². The highest BCUT2D eigenvalue weighted by molar-refractivity contribution is 7.99. The summed E-state index contributed by atoms with van der Waals surface area (Å²) in [6.07, 6.45) is 0.841. The Hall–Kier alpha value is -1.45. The van der Waals surface area contributed by atoms with Crippen LogP contribution in [-0.2, 0) is 4.84 Å². The molecule has 2 aromatic carbocycles. The van der Waals surface area contributed by atoms with Gasteiger partial charge in [-0.05, 0) is 36.8 Å². The molecule has 0 aliphatic rings. The van der Waals surface area contributed by atoms with E-state index >= 15 is 0 Å². The summed E-state index contributed by atoms with van der Waals surface area (Å²) in [4.78, 5) is 6.22. The van der Waals surface area contributed by atoms with Gasteiger partial charge in [-0.2, -0.15) is 0 Å². The number of hydrogen-bond donors (Lipinski definition) is 0. The molecule has 0 spiro atoms. The zero-order chi connectivity index (χ0) is 15.1. The van der Waals surface area contributed by atoms with E-state index in [9.17, 15) is 0 Å². The van der Waals surface area contributed by atoms with Crippen molar-refractivity contribution in [2.45, 2.75) is 18.2 Å². The Morgan fingerprint density at radius 3 is 2.38 bits per heavy atom. The van der Waals surface area contributed by atoms with Crippen LogP contribution in [-0.4, -0.2) is 18.6 Å². The Morgan fingerprint density at radius 1 is 1.10 bits per heavy atom. The van der Waals surface area contributed by atoms with E-state index in [1.54, 1.807) is 7.11 Å². The van der Waals surface area contributed by atoms with E-state index in [2.05, 4.69) is 36.3 Å². The van der Waals surface area contributed by atoms with Crippen LogP contribution in [0.2, 0.25) is 5.02 Å². The fraction of sp³-hybridized carbons (Fsp3) is 0.235. The van der Waals surface area contributed by atoms with Crippen molar-refractivity contribution in [3.8, 4) is 0 Å². The number of aryl methyl sites for hydroxylation is 1. The predicted octanol–water partition coefficient (Wildman–Crippen LogP) is 5.18. The molecule has 0 aliphatic carbocycles. The van der Waals surface area contributed by atoms with Gasteiger partial charge in [-0.25, -0.2) is 0 Å². The topological polar surface area (TPSA) is 21.6 Å². The lowest BCUT2D eigenvalue weighted by Crippen LogP contribution is -2.03. The van der Waals surface area contributed by atoms with Crippen molar-refractivity contribution in [3.63, 3.8) is 0 Å². The molecule has 0 bridgehead atoms. The van der Waals surface area contributed by atoms with Gasteiger partial charge in [0.05, 0.1) is 5.71 Å². The van der Waals surface area contributed by atoms with Crippen molar-refractivity contribution in [3.05, 3.63) is 64.7 Å². The molecule has 0 heterocycles. The summed E-state index contributed by atoms with van der Waals surface area (Å²) < 4.78 is 0. The Morgan fingerprint density at radius 2 is 1.76 bits per heavy atom. The highest BCUT2D eigenvalue weighted by Crippen LogP contribution is 2.20. The van der Waals surface area contributed by atoms with Crippen LogP contribution in [0.5, 0.6) is 0 Å². The van der Waals surface area contributed by atoms with Crippen LogP contribution in [0.15, 0.2) is 58.6 Å². The van der Waals surface area contributed by atoms with Gasteiger partial charge in [0.15, 0.2) is 0 Å². The molecule has 2 rings (SSSR count). The van der Waals surface area contributed by atoms with Crippen molar-refractivity contribution in [1.29, 1.82) is 0 Å². The third-order valence-electron chi connectivity index (χ3n) is 3.01. The Kier molecular flexibility index (Phi) is 6.15. The average molecular weight is 320 g/mol. The molecular formula is C17H18ClNOS. The Labute approximate surface area is 135 Å². The van der Waals surface area contributed by atoms with Crippen molar-refractivity contribution in [2.75, 3.05) is 12.9 Å². The zero-order valence-electron chi connectivity index (χ0n) is 12.2. The van der Waals surface area contributed by atoms with E-state index in [4.69, 9.17) is 16.4 Å². The van der Waals surface area contributed by atoms with Crippen LogP contribution in [0.1, 0.15) is 17.5 Å². The maximum absolute atomic E-state index is 5.92. The number of halogens is 1. The minimum absolute atomic E-state index is 0.726. The summed E-state index contributed by atoms with van der Waals surface area (Å²) in [6.45, 7) is 2.10. The molecule has 4 heteroatoms. The summed E-state index contributed by atoms with van der Waals surface area (Å²) in [5.41, 5.74) is 3.27. The molecule has 0 N–H and O–H groups in total. The Balaban J connectivity index is 1.96. The van der Waals surface area contributed by atoms with Crippen molar-refractivity contribution in [2.24, 2.45) is 5.16 Å². The first kappa shape index (κ1) is 15.9. The minimum atomic E-state index is 0.726. The first-order chi connectivity index (χ1) is 10.2. The summed E-state index contributed by atoms with van der Waals surface area (Å²) in [6, 6.07) is 16.2. The van der Waals surface area contributed by atoms with Gasteiger partial charge in [-0.1, -0.05) is 46.6 Å². The SMILES string of the molecule is CO/N=C(\CCSc1ccc(C)cc1)c1ccc(Cl)cc1. The molecule has 0 fully saturated rings. The standard InChI is InChI=1S/C17H18ClNOS/c1-13-3-9-16(10-4-13)21-12-11-17(19-20-2)14-5-7-15(18)8-6-14/h3-10H,11-12H2,1-2H3/b19-17+. The average Bonchev–Trinajstić information content (AvgIpc) is 2.49. The van der Waals surface area contributed by atoms with Gasteiger partial charge in [-0.3, -0.25) is 0 Å². The molecule has 0 saturated carbocycles. The van der Waals surface area contributed by atoms with Gasteiger partial charge < -0.3 is 4.84 Å². The van der Waals surface area contributed by atoms with Crippen LogP contribution in [0.4, 0.5) is 0 Å². The van der Waals surface area contributed by atoms with Crippen LogP contribution < -0.4 is 0 Å². The van der Waals surface area contributed by atoms with Crippen molar-refractivity contribution >= 4 is 29.1 Å². The molecule has 0 atom stereocenters. The fourth-order valence-corrected chi connectivity index (χ4v) is 2.88. The van der Waals surface area contributed by atoms with Gasteiger partial charge in [0.1, 0.15) is 7.11 Å². The minimum Gasteiger partial charge on any atom is -0.399 e. The maximum atomic E-state index is 5.92. The van der Waals surface area contributed by atoms with Gasteiger partial charge in [0.2, 0.25) is 0 Å². The number of hydrogen-bond acceptors (Lipinski definition) is 3. The highest BCUT2D eigenvalue weighted by atomic mass is 35.5. The van der Waals surface area contributed by atoms with Crippen LogP contribution in [0.25, 0.3) is 0 Å². The van der Waals surface area contributed by atoms with Gasteiger partial charge in [0, 0.05) is 22.1 Å². The first-order valence-corrected chi connectivity index (χ1v) is 8.11. The summed E-state index contributed by atoms with van der Waals surface area (Å²) in [5, 5.41) is 4.86. The fourth-order valence-electron chi connectivity index (χ4n) is 1.90. The second-order valence-corrected chi connectivity index (χ2v) is 6.24. The number of oxime groups is 1. The van der Waals surface area contributed by atoms with Crippen molar-refractivity contribution < 1.29 is 4.84 Å². The van der Waals surface area contributed by atoms with Crippen LogP contribution >= 0.6 is 23.4 Å². The number of benzene rings is 2. The second kappa shape index (κ2) is 8.11. The molecule has 0 aromatic heterocycles. The van der Waals surface area contributed by atoms with Crippen LogP contribution in [0, 0.1) is 6.92 Å². The highest BCUT2D eigenvalue weighted by Gasteiger charge is 2.05. The van der Waals surface area contributed by atoms with E-state index < -0.39 is 0 Å². The molecule has 0 aliphatic heterocycles. The smallest absolute Gasteiger partial charge is 0.106 e. The Bertz CT molecular complexity index is 593. The first-order valence-electron chi connectivity index (χ1n) is 6.74. The monoisotopic (exact) mass is 319 g/mol. The molecule has 0 unspecified atom stereocenters. The third kappa shape index (κ3) is 5.10. The molecule has 2 aromatic rings. The van der Waals surface area contributed by atoms with E-state index in [1.807, 2.05) is 36.0 Å². The number of rotatable bonds is 6. The summed E-state index contributed by atoms with van der Waals surface area (Å²) in [5.74, 6) is 0.952. The third-order valence-corrected chi connectivity index (χ3v) is 4.27. The number of thioether (sulfide) groups is 1. The van der Waals surface area contributed by atoms with E-state index in [-0.39, 0.29) is 0 Å². The lowest BCUT2D eigenvalue weighted by Gasteiger charge is -2.06. The molecule has 0 saturated heterocycles.